The summed E-state index contributed by atoms with van der Waals surface area (Å²) in [6.07, 6.45) is 9.49. The molecule has 3 aromatic rings. The van der Waals surface area contributed by atoms with Crippen LogP contribution >= 0.6 is 15.9 Å². The molecule has 0 spiro atoms. The summed E-state index contributed by atoms with van der Waals surface area (Å²) in [5.41, 5.74) is 6.90. The number of hydrogen-bond acceptors (Lipinski definition) is 5. The maximum atomic E-state index is 13.5. The van der Waals surface area contributed by atoms with Crippen LogP contribution in [0.15, 0.2) is 111 Å². The summed E-state index contributed by atoms with van der Waals surface area (Å²) in [7, 11) is 0. The van der Waals surface area contributed by atoms with Crippen LogP contribution in [0.5, 0.6) is 0 Å². The Morgan fingerprint density at radius 1 is 1.05 bits per heavy atom. The third-order valence-electron chi connectivity index (χ3n) is 7.04. The van der Waals surface area contributed by atoms with Gasteiger partial charge in [0.25, 0.3) is 5.91 Å². The van der Waals surface area contributed by atoms with Crippen molar-refractivity contribution in [2.75, 3.05) is 19.6 Å². The van der Waals surface area contributed by atoms with Crippen molar-refractivity contribution in [2.45, 2.75) is 26.3 Å². The van der Waals surface area contributed by atoms with Gasteiger partial charge in [0.05, 0.1) is 16.7 Å². The number of halogens is 1. The fraction of sp³-hybridized carbons (Fsp3) is 0.250. The molecule has 1 atom stereocenters. The number of aromatic nitrogens is 1. The van der Waals surface area contributed by atoms with Crippen molar-refractivity contribution in [3.8, 4) is 11.1 Å². The summed E-state index contributed by atoms with van der Waals surface area (Å²) < 4.78 is 0.865. The number of allylic oxidation sites excluding steroid dienone is 3. The number of aliphatic imine (C=N–C) groups is 2. The predicted octanol–water partition coefficient (Wildman–Crippen LogP) is 6.43. The number of likely N-dealkylation sites (tertiary alicyclic amines) is 1. The van der Waals surface area contributed by atoms with Gasteiger partial charge in [-0.2, -0.15) is 0 Å². The maximum absolute atomic E-state index is 13.5. The van der Waals surface area contributed by atoms with Gasteiger partial charge in [-0.3, -0.25) is 19.8 Å². The van der Waals surface area contributed by atoms with E-state index in [1.807, 2.05) is 78.8 Å². The van der Waals surface area contributed by atoms with Crippen molar-refractivity contribution in [3.05, 3.63) is 112 Å². The Morgan fingerprint density at radius 2 is 1.85 bits per heavy atom. The molecule has 1 unspecified atom stereocenters. The molecular weight excluding hydrogens is 550 g/mol. The van der Waals surface area contributed by atoms with Crippen molar-refractivity contribution < 1.29 is 4.79 Å². The third-order valence-corrected chi connectivity index (χ3v) is 7.82. The summed E-state index contributed by atoms with van der Waals surface area (Å²) in [4.78, 5) is 29.3. The summed E-state index contributed by atoms with van der Waals surface area (Å²) in [5, 5.41) is 3.52. The Morgan fingerprint density at radius 3 is 2.62 bits per heavy atom. The number of amides is 1. The topological polar surface area (TPSA) is 70.0 Å². The van der Waals surface area contributed by atoms with Gasteiger partial charge in [0, 0.05) is 61.1 Å². The first-order valence-corrected chi connectivity index (χ1v) is 14.1. The minimum atomic E-state index is 0.0682. The lowest BCUT2D eigenvalue weighted by Crippen LogP contribution is -2.42. The Bertz CT molecular complexity index is 1410. The fourth-order valence-electron chi connectivity index (χ4n) is 4.88. The lowest BCUT2D eigenvalue weighted by molar-refractivity contribution is 0.0703. The molecule has 1 fully saturated rings. The largest absolute Gasteiger partial charge is 0.383 e. The van der Waals surface area contributed by atoms with E-state index in [4.69, 9.17) is 4.99 Å². The molecule has 6 nitrogen and oxygen atoms in total. The highest BCUT2D eigenvalue weighted by Crippen LogP contribution is 2.25. The number of nitrogens with one attached hydrogen (secondary N) is 1. The molecule has 2 aliphatic heterocycles. The predicted molar refractivity (Wildman–Crippen MR) is 162 cm³/mol. The SMILES string of the molecule is CC1=C(\Br)C=NC\C(NCc2cccnc2)=C/C(C2CCCN(C(=O)c3ccc(-c4ccccc4)cc3)C2)=N/1. The van der Waals surface area contributed by atoms with Gasteiger partial charge in [0.2, 0.25) is 0 Å². The fourth-order valence-corrected chi connectivity index (χ4v) is 5.11. The van der Waals surface area contributed by atoms with E-state index >= 15 is 0 Å². The highest BCUT2D eigenvalue weighted by Gasteiger charge is 2.27. The quantitative estimate of drug-likeness (QED) is 0.365. The van der Waals surface area contributed by atoms with Crippen LogP contribution in [-0.2, 0) is 6.54 Å². The van der Waals surface area contributed by atoms with E-state index in [9.17, 15) is 4.79 Å². The Kier molecular flexibility index (Phi) is 8.78. The van der Waals surface area contributed by atoms with Crippen molar-refractivity contribution in [3.63, 3.8) is 0 Å². The first kappa shape index (κ1) is 26.8. The van der Waals surface area contributed by atoms with E-state index in [0.29, 0.717) is 25.2 Å². The molecule has 0 aliphatic carbocycles. The number of carbonyl (C=O) groups is 1. The van der Waals surface area contributed by atoms with Gasteiger partial charge in [0.1, 0.15) is 0 Å². The number of rotatable bonds is 6. The summed E-state index contributed by atoms with van der Waals surface area (Å²) in [5.74, 6) is 0.202. The highest BCUT2D eigenvalue weighted by molar-refractivity contribution is 9.12. The van der Waals surface area contributed by atoms with Gasteiger partial charge in [-0.25, -0.2) is 0 Å². The minimum Gasteiger partial charge on any atom is -0.383 e. The monoisotopic (exact) mass is 581 g/mol. The Balaban J connectivity index is 1.34. The van der Waals surface area contributed by atoms with E-state index in [2.05, 4.69) is 49.4 Å². The highest BCUT2D eigenvalue weighted by atomic mass is 79.9. The number of nitrogens with zero attached hydrogens (tertiary/aromatic N) is 4. The zero-order valence-electron chi connectivity index (χ0n) is 22.1. The molecule has 198 valence electrons. The molecule has 2 aromatic carbocycles. The zero-order chi connectivity index (χ0) is 27.0. The van der Waals surface area contributed by atoms with E-state index in [-0.39, 0.29) is 11.8 Å². The van der Waals surface area contributed by atoms with Gasteiger partial charge >= 0.3 is 0 Å². The second kappa shape index (κ2) is 12.8. The lowest BCUT2D eigenvalue weighted by Gasteiger charge is -2.33. The molecule has 7 heteroatoms. The molecule has 39 heavy (non-hydrogen) atoms. The number of piperidine rings is 1. The molecule has 0 bridgehead atoms. The van der Waals surface area contributed by atoms with Gasteiger partial charge in [-0.15, -0.1) is 0 Å². The van der Waals surface area contributed by atoms with E-state index < -0.39 is 0 Å². The van der Waals surface area contributed by atoms with E-state index in [0.717, 1.165) is 57.7 Å². The molecule has 1 amide bonds. The first-order chi connectivity index (χ1) is 19.1. The van der Waals surface area contributed by atoms with Crippen molar-refractivity contribution >= 4 is 33.8 Å². The molecule has 2 aliphatic rings. The van der Waals surface area contributed by atoms with Crippen LogP contribution in [0.1, 0.15) is 35.7 Å². The number of pyridine rings is 1. The van der Waals surface area contributed by atoms with Crippen molar-refractivity contribution in [1.29, 1.82) is 0 Å². The minimum absolute atomic E-state index is 0.0682. The van der Waals surface area contributed by atoms with Crippen LogP contribution in [0.25, 0.3) is 11.1 Å². The maximum Gasteiger partial charge on any atom is 0.253 e. The second-order valence-electron chi connectivity index (χ2n) is 9.86. The molecule has 1 N–H and O–H groups in total. The average Bonchev–Trinajstić information content (AvgIpc) is 3.06. The van der Waals surface area contributed by atoms with E-state index in [1.54, 1.807) is 6.20 Å². The van der Waals surface area contributed by atoms with Crippen LogP contribution in [0.4, 0.5) is 0 Å². The van der Waals surface area contributed by atoms with Crippen LogP contribution in [-0.4, -0.2) is 47.4 Å². The van der Waals surface area contributed by atoms with Gasteiger partial charge < -0.3 is 10.2 Å². The third kappa shape index (κ3) is 6.98. The number of carbonyl (C=O) groups excluding carboxylic acids is 1. The molecule has 5 rings (SSSR count). The van der Waals surface area contributed by atoms with Crippen LogP contribution in [0.2, 0.25) is 0 Å². The second-order valence-corrected chi connectivity index (χ2v) is 10.7. The molecule has 0 radical (unpaired) electrons. The van der Waals surface area contributed by atoms with Crippen LogP contribution in [0, 0.1) is 5.92 Å². The average molecular weight is 583 g/mol. The summed E-state index contributed by atoms with van der Waals surface area (Å²) in [6, 6.07) is 22.1. The van der Waals surface area contributed by atoms with Crippen LogP contribution < -0.4 is 5.32 Å². The summed E-state index contributed by atoms with van der Waals surface area (Å²) in [6.45, 7) is 4.55. The first-order valence-electron chi connectivity index (χ1n) is 13.3. The van der Waals surface area contributed by atoms with Gasteiger partial charge in [-0.05, 0) is 76.7 Å². The molecule has 1 saturated heterocycles. The summed E-state index contributed by atoms with van der Waals surface area (Å²) >= 11 is 3.62. The zero-order valence-corrected chi connectivity index (χ0v) is 23.6. The van der Waals surface area contributed by atoms with Crippen molar-refractivity contribution in [1.82, 2.24) is 15.2 Å². The van der Waals surface area contributed by atoms with Crippen LogP contribution in [0.3, 0.4) is 0 Å². The van der Waals surface area contributed by atoms with Gasteiger partial charge in [0.15, 0.2) is 0 Å². The molecular formula is C32H32BrN5O. The molecule has 1 aromatic heterocycles. The smallest absolute Gasteiger partial charge is 0.253 e. The molecule has 3 heterocycles. The Labute approximate surface area is 238 Å². The van der Waals surface area contributed by atoms with Crippen molar-refractivity contribution in [2.24, 2.45) is 15.9 Å². The normalized spacial score (nSPS) is 22.5. The van der Waals surface area contributed by atoms with Gasteiger partial charge in [-0.1, -0.05) is 48.5 Å². The lowest BCUT2D eigenvalue weighted by atomic mass is 9.91. The van der Waals surface area contributed by atoms with E-state index in [1.165, 1.54) is 0 Å². The number of benzene rings is 2. The molecule has 0 saturated carbocycles. The standard InChI is InChI=1S/C32H32BrN5O/c1-23-30(33)21-35-20-29(36-19-24-7-5-15-34-18-24)17-31(37-23)28-10-6-16-38(22-28)32(39)27-13-11-26(12-14-27)25-8-3-2-4-9-25/h2-5,7-9,11-15,17-18,21,28,36H,6,10,16,19-20,22H2,1H3/b29-17+,30-23-,35-21?,37-31-. The Hall–Kier alpha value is -3.84. The number of hydrogen-bond donors (Lipinski definition) is 1.